The van der Waals surface area contributed by atoms with Crippen molar-refractivity contribution < 1.29 is 13.2 Å². The van der Waals surface area contributed by atoms with Crippen LogP contribution < -0.4 is 5.32 Å². The molecule has 2 aromatic rings. The van der Waals surface area contributed by atoms with Gasteiger partial charge in [0.2, 0.25) is 5.95 Å². The highest BCUT2D eigenvalue weighted by molar-refractivity contribution is 5.37. The number of aryl methyl sites for hydroxylation is 1. The van der Waals surface area contributed by atoms with Gasteiger partial charge in [-0.25, -0.2) is 9.67 Å². The van der Waals surface area contributed by atoms with Crippen molar-refractivity contribution in [1.82, 2.24) is 19.7 Å². The molecular weight excluding hydrogens is 259 g/mol. The molecule has 0 saturated heterocycles. The standard InChI is InChI=1S/C11H12F3N5/c1-3-15-10-16-6-7(2)9(17-10)19-5-4-8(18-19)11(12,13)14/h4-6H,3H2,1-2H3,(H,15,16,17). The van der Waals surface area contributed by atoms with E-state index >= 15 is 0 Å². The van der Waals surface area contributed by atoms with E-state index in [1.807, 2.05) is 6.92 Å². The van der Waals surface area contributed by atoms with E-state index in [2.05, 4.69) is 20.4 Å². The fourth-order valence-electron chi connectivity index (χ4n) is 1.50. The molecule has 0 radical (unpaired) electrons. The molecule has 5 nitrogen and oxygen atoms in total. The van der Waals surface area contributed by atoms with Gasteiger partial charge in [-0.2, -0.15) is 23.3 Å². The number of nitrogens with one attached hydrogen (secondary N) is 1. The predicted molar refractivity (Wildman–Crippen MR) is 63.1 cm³/mol. The van der Waals surface area contributed by atoms with Crippen LogP contribution >= 0.6 is 0 Å². The third-order valence-electron chi connectivity index (χ3n) is 2.38. The molecule has 0 aromatic carbocycles. The van der Waals surface area contributed by atoms with E-state index < -0.39 is 11.9 Å². The summed E-state index contributed by atoms with van der Waals surface area (Å²) in [6.07, 6.45) is -1.69. The van der Waals surface area contributed by atoms with Gasteiger partial charge in [0, 0.05) is 24.5 Å². The van der Waals surface area contributed by atoms with E-state index in [9.17, 15) is 13.2 Å². The van der Waals surface area contributed by atoms with Crippen LogP contribution in [0.4, 0.5) is 19.1 Å². The Bertz CT molecular complexity index is 576. The van der Waals surface area contributed by atoms with Gasteiger partial charge in [0.15, 0.2) is 11.5 Å². The lowest BCUT2D eigenvalue weighted by atomic mass is 10.3. The number of rotatable bonds is 3. The summed E-state index contributed by atoms with van der Waals surface area (Å²) in [5.74, 6) is 0.675. The van der Waals surface area contributed by atoms with Gasteiger partial charge in [-0.05, 0) is 19.9 Å². The van der Waals surface area contributed by atoms with Crippen LogP contribution in [0, 0.1) is 6.92 Å². The first-order valence-corrected chi connectivity index (χ1v) is 5.62. The second-order valence-electron chi connectivity index (χ2n) is 3.87. The fraction of sp³-hybridized carbons (Fsp3) is 0.364. The number of nitrogens with zero attached hydrogens (tertiary/aromatic N) is 4. The molecule has 102 valence electrons. The number of halogens is 3. The van der Waals surface area contributed by atoms with Crippen LogP contribution in [0.3, 0.4) is 0 Å². The van der Waals surface area contributed by atoms with Crippen LogP contribution in [0.15, 0.2) is 18.5 Å². The second kappa shape index (κ2) is 4.87. The van der Waals surface area contributed by atoms with Gasteiger partial charge in [0.25, 0.3) is 0 Å². The average Bonchev–Trinajstić information content (AvgIpc) is 2.81. The highest BCUT2D eigenvalue weighted by atomic mass is 19.4. The van der Waals surface area contributed by atoms with Crippen LogP contribution in [0.2, 0.25) is 0 Å². The summed E-state index contributed by atoms with van der Waals surface area (Å²) in [5.41, 5.74) is -0.311. The molecule has 2 aromatic heterocycles. The monoisotopic (exact) mass is 271 g/mol. The van der Waals surface area contributed by atoms with E-state index in [0.717, 1.165) is 10.7 Å². The highest BCUT2D eigenvalue weighted by Crippen LogP contribution is 2.28. The van der Waals surface area contributed by atoms with E-state index in [0.29, 0.717) is 23.9 Å². The van der Waals surface area contributed by atoms with Crippen molar-refractivity contribution in [2.75, 3.05) is 11.9 Å². The van der Waals surface area contributed by atoms with Crippen molar-refractivity contribution >= 4 is 5.95 Å². The first-order valence-electron chi connectivity index (χ1n) is 5.62. The summed E-state index contributed by atoms with van der Waals surface area (Å²) in [6.45, 7) is 4.20. The van der Waals surface area contributed by atoms with E-state index in [1.54, 1.807) is 6.92 Å². The maximum absolute atomic E-state index is 12.5. The molecule has 0 bridgehead atoms. The fourth-order valence-corrected chi connectivity index (χ4v) is 1.50. The van der Waals surface area contributed by atoms with Crippen molar-refractivity contribution in [3.05, 3.63) is 29.7 Å². The zero-order valence-electron chi connectivity index (χ0n) is 10.4. The average molecular weight is 271 g/mol. The second-order valence-corrected chi connectivity index (χ2v) is 3.87. The number of alkyl halides is 3. The minimum Gasteiger partial charge on any atom is -0.354 e. The van der Waals surface area contributed by atoms with Crippen LogP contribution in [0.1, 0.15) is 18.2 Å². The van der Waals surface area contributed by atoms with Gasteiger partial charge in [0.05, 0.1) is 0 Å². The zero-order chi connectivity index (χ0) is 14.0. The quantitative estimate of drug-likeness (QED) is 0.931. The summed E-state index contributed by atoms with van der Waals surface area (Å²) in [4.78, 5) is 8.16. The molecule has 1 N–H and O–H groups in total. The van der Waals surface area contributed by atoms with Crippen molar-refractivity contribution in [2.45, 2.75) is 20.0 Å². The van der Waals surface area contributed by atoms with E-state index in [1.165, 1.54) is 12.4 Å². The Morgan fingerprint density at radius 3 is 2.68 bits per heavy atom. The first kappa shape index (κ1) is 13.3. The molecule has 19 heavy (non-hydrogen) atoms. The van der Waals surface area contributed by atoms with Crippen LogP contribution in [-0.2, 0) is 6.18 Å². The number of hydrogen-bond donors (Lipinski definition) is 1. The molecule has 2 rings (SSSR count). The lowest BCUT2D eigenvalue weighted by molar-refractivity contribution is -0.141. The van der Waals surface area contributed by atoms with Crippen LogP contribution in [0.25, 0.3) is 5.82 Å². The molecule has 2 heterocycles. The molecule has 0 amide bonds. The minimum absolute atomic E-state index is 0.321. The molecule has 8 heteroatoms. The van der Waals surface area contributed by atoms with Gasteiger partial charge in [-0.1, -0.05) is 0 Å². The SMILES string of the molecule is CCNc1ncc(C)c(-n2ccc(C(F)(F)F)n2)n1. The van der Waals surface area contributed by atoms with Crippen LogP contribution in [-0.4, -0.2) is 26.3 Å². The Morgan fingerprint density at radius 1 is 1.37 bits per heavy atom. The number of hydrogen-bond acceptors (Lipinski definition) is 4. The highest BCUT2D eigenvalue weighted by Gasteiger charge is 2.33. The van der Waals surface area contributed by atoms with Gasteiger partial charge in [-0.15, -0.1) is 0 Å². The summed E-state index contributed by atoms with van der Waals surface area (Å²) in [5, 5.41) is 6.38. The normalized spacial score (nSPS) is 11.6. The third-order valence-corrected chi connectivity index (χ3v) is 2.38. The molecule has 0 atom stereocenters. The number of aromatic nitrogens is 4. The maximum atomic E-state index is 12.5. The smallest absolute Gasteiger partial charge is 0.354 e. The third kappa shape index (κ3) is 2.83. The summed E-state index contributed by atoms with van der Waals surface area (Å²) in [7, 11) is 0. The van der Waals surface area contributed by atoms with Gasteiger partial charge >= 0.3 is 6.18 Å². The largest absolute Gasteiger partial charge is 0.435 e. The Morgan fingerprint density at radius 2 is 2.11 bits per heavy atom. The first-order chi connectivity index (χ1) is 8.91. The molecule has 0 aliphatic heterocycles. The lowest BCUT2D eigenvalue weighted by Gasteiger charge is -2.07. The molecule has 0 aliphatic carbocycles. The van der Waals surface area contributed by atoms with Crippen molar-refractivity contribution in [1.29, 1.82) is 0 Å². The number of anilines is 1. The minimum atomic E-state index is -4.46. The summed E-state index contributed by atoms with van der Waals surface area (Å²) in [6, 6.07) is 0.911. The van der Waals surface area contributed by atoms with Gasteiger partial charge in [-0.3, -0.25) is 0 Å². The van der Waals surface area contributed by atoms with Gasteiger partial charge in [0.1, 0.15) is 0 Å². The Kier molecular flexibility index (Phi) is 3.41. The van der Waals surface area contributed by atoms with Crippen molar-refractivity contribution in [3.63, 3.8) is 0 Å². The molecule has 0 spiro atoms. The summed E-state index contributed by atoms with van der Waals surface area (Å²) < 4.78 is 38.6. The van der Waals surface area contributed by atoms with E-state index in [4.69, 9.17) is 0 Å². The van der Waals surface area contributed by atoms with Crippen molar-refractivity contribution in [3.8, 4) is 5.82 Å². The molecule has 0 unspecified atom stereocenters. The van der Waals surface area contributed by atoms with E-state index in [-0.39, 0.29) is 0 Å². The molecule has 0 fully saturated rings. The zero-order valence-corrected chi connectivity index (χ0v) is 10.4. The Labute approximate surface area is 107 Å². The lowest BCUT2D eigenvalue weighted by Crippen LogP contribution is -2.10. The van der Waals surface area contributed by atoms with Gasteiger partial charge < -0.3 is 5.32 Å². The topological polar surface area (TPSA) is 55.6 Å². The van der Waals surface area contributed by atoms with Crippen LogP contribution in [0.5, 0.6) is 0 Å². The Hall–Kier alpha value is -2.12. The molecule has 0 aliphatic rings. The molecular formula is C11H12F3N5. The molecule has 0 saturated carbocycles. The van der Waals surface area contributed by atoms with Crippen molar-refractivity contribution in [2.24, 2.45) is 0 Å². The Balaban J connectivity index is 2.41. The summed E-state index contributed by atoms with van der Waals surface area (Å²) >= 11 is 0. The maximum Gasteiger partial charge on any atom is 0.435 e. The predicted octanol–water partition coefficient (Wildman–Crippen LogP) is 2.42.